The number of ether oxygens (including phenoxy) is 1. The summed E-state index contributed by atoms with van der Waals surface area (Å²) in [5.41, 5.74) is 1.09. The highest BCUT2D eigenvalue weighted by Gasteiger charge is 2.22. The summed E-state index contributed by atoms with van der Waals surface area (Å²) >= 11 is 0. The van der Waals surface area contributed by atoms with Crippen LogP contribution in [-0.4, -0.2) is 28.2 Å². The van der Waals surface area contributed by atoms with Crippen LogP contribution in [0.15, 0.2) is 59.4 Å². The van der Waals surface area contributed by atoms with Crippen LogP contribution < -0.4 is 10.9 Å². The number of hydrogen-bond donors (Lipinski definition) is 2. The molecular weight excluding hydrogens is 382 g/mol. The van der Waals surface area contributed by atoms with Crippen LogP contribution in [0.25, 0.3) is 10.8 Å². The number of aromatic nitrogens is 2. The monoisotopic (exact) mass is 407 g/mol. The molecule has 2 atom stereocenters. The van der Waals surface area contributed by atoms with Gasteiger partial charge in [0, 0.05) is 5.39 Å². The van der Waals surface area contributed by atoms with E-state index in [1.807, 2.05) is 37.3 Å². The number of nitrogens with zero attached hydrogens (tertiary/aromatic N) is 1. The smallest absolute Gasteiger partial charge is 0.312 e. The average Bonchev–Trinajstić information content (AvgIpc) is 2.76. The van der Waals surface area contributed by atoms with Crippen molar-refractivity contribution in [2.45, 2.75) is 45.3 Å². The SMILES string of the molecule is CCC[C@@H](NC(=O)[C@@H](C)OC(=O)Cc1n[nH]c(=O)c2ccccc12)c1ccccc1. The Morgan fingerprint density at radius 1 is 1.07 bits per heavy atom. The minimum atomic E-state index is -0.949. The zero-order valence-electron chi connectivity index (χ0n) is 17.1. The summed E-state index contributed by atoms with van der Waals surface area (Å²) in [6.07, 6.45) is 0.587. The molecular formula is C23H25N3O4. The maximum atomic E-state index is 12.6. The van der Waals surface area contributed by atoms with Crippen LogP contribution >= 0.6 is 0 Å². The summed E-state index contributed by atoms with van der Waals surface area (Å²) in [5.74, 6) is -0.945. The molecule has 1 heterocycles. The molecule has 3 aromatic rings. The molecule has 7 nitrogen and oxygen atoms in total. The van der Waals surface area contributed by atoms with Crippen molar-refractivity contribution in [3.8, 4) is 0 Å². The first-order chi connectivity index (χ1) is 14.5. The number of benzene rings is 2. The number of nitrogens with one attached hydrogen (secondary N) is 2. The lowest BCUT2D eigenvalue weighted by atomic mass is 10.0. The van der Waals surface area contributed by atoms with Gasteiger partial charge >= 0.3 is 5.97 Å². The summed E-state index contributed by atoms with van der Waals surface area (Å²) < 4.78 is 5.33. The molecule has 2 N–H and O–H groups in total. The van der Waals surface area contributed by atoms with Crippen LogP contribution in [0.3, 0.4) is 0 Å². The molecule has 0 spiro atoms. The molecule has 0 saturated carbocycles. The van der Waals surface area contributed by atoms with E-state index in [0.29, 0.717) is 16.5 Å². The van der Waals surface area contributed by atoms with Gasteiger partial charge in [-0.3, -0.25) is 14.4 Å². The third-order valence-corrected chi connectivity index (χ3v) is 4.86. The molecule has 7 heteroatoms. The highest BCUT2D eigenvalue weighted by atomic mass is 16.5. The Morgan fingerprint density at radius 2 is 1.73 bits per heavy atom. The average molecular weight is 407 g/mol. The number of amides is 1. The summed E-state index contributed by atoms with van der Waals surface area (Å²) in [6, 6.07) is 16.5. The second-order valence-electron chi connectivity index (χ2n) is 7.11. The normalized spacial score (nSPS) is 12.9. The van der Waals surface area contributed by atoms with Gasteiger partial charge in [-0.05, 0) is 25.0 Å². The molecule has 0 unspecified atom stereocenters. The van der Waals surface area contributed by atoms with Crippen molar-refractivity contribution < 1.29 is 14.3 Å². The molecule has 1 amide bonds. The van der Waals surface area contributed by atoms with Gasteiger partial charge in [-0.2, -0.15) is 5.10 Å². The molecule has 2 aromatic carbocycles. The summed E-state index contributed by atoms with van der Waals surface area (Å²) in [7, 11) is 0. The van der Waals surface area contributed by atoms with E-state index in [0.717, 1.165) is 18.4 Å². The van der Waals surface area contributed by atoms with Crippen LogP contribution in [0.4, 0.5) is 0 Å². The first kappa shape index (κ1) is 21.2. The summed E-state index contributed by atoms with van der Waals surface area (Å²) in [4.78, 5) is 36.9. The Kier molecular flexibility index (Phi) is 6.95. The lowest BCUT2D eigenvalue weighted by Crippen LogP contribution is -2.38. The van der Waals surface area contributed by atoms with E-state index in [1.54, 1.807) is 31.2 Å². The number of hydrogen-bond acceptors (Lipinski definition) is 5. The summed E-state index contributed by atoms with van der Waals surface area (Å²) in [5, 5.41) is 10.4. The second kappa shape index (κ2) is 9.82. The highest BCUT2D eigenvalue weighted by Crippen LogP contribution is 2.19. The van der Waals surface area contributed by atoms with Crippen molar-refractivity contribution in [1.29, 1.82) is 0 Å². The van der Waals surface area contributed by atoms with Crippen molar-refractivity contribution >= 4 is 22.6 Å². The number of aromatic amines is 1. The second-order valence-corrected chi connectivity index (χ2v) is 7.11. The van der Waals surface area contributed by atoms with Crippen LogP contribution in [0.5, 0.6) is 0 Å². The van der Waals surface area contributed by atoms with E-state index in [1.165, 1.54) is 0 Å². The number of fused-ring (bicyclic) bond motifs is 1. The minimum Gasteiger partial charge on any atom is -0.452 e. The number of esters is 1. The quantitative estimate of drug-likeness (QED) is 0.559. The Morgan fingerprint density at radius 3 is 2.43 bits per heavy atom. The van der Waals surface area contributed by atoms with Gasteiger partial charge in [-0.25, -0.2) is 5.10 Å². The molecule has 0 aliphatic carbocycles. The van der Waals surface area contributed by atoms with Crippen LogP contribution in [0.2, 0.25) is 0 Å². The van der Waals surface area contributed by atoms with E-state index in [2.05, 4.69) is 15.5 Å². The van der Waals surface area contributed by atoms with Gasteiger partial charge in [-0.1, -0.05) is 61.9 Å². The Labute approximate surface area is 174 Å². The molecule has 156 valence electrons. The lowest BCUT2D eigenvalue weighted by Gasteiger charge is -2.21. The van der Waals surface area contributed by atoms with Crippen molar-refractivity contribution in [3.63, 3.8) is 0 Å². The maximum Gasteiger partial charge on any atom is 0.312 e. The predicted molar refractivity (Wildman–Crippen MR) is 114 cm³/mol. The Balaban J connectivity index is 1.64. The van der Waals surface area contributed by atoms with Gasteiger partial charge in [0.1, 0.15) is 0 Å². The largest absolute Gasteiger partial charge is 0.452 e. The molecule has 3 rings (SSSR count). The van der Waals surface area contributed by atoms with Crippen molar-refractivity contribution in [1.82, 2.24) is 15.5 Å². The molecule has 30 heavy (non-hydrogen) atoms. The van der Waals surface area contributed by atoms with E-state index >= 15 is 0 Å². The lowest BCUT2D eigenvalue weighted by molar-refractivity contribution is -0.154. The molecule has 0 aliphatic rings. The molecule has 0 aliphatic heterocycles. The third kappa shape index (κ3) is 5.11. The van der Waals surface area contributed by atoms with Gasteiger partial charge in [0.2, 0.25) is 0 Å². The van der Waals surface area contributed by atoms with Gasteiger partial charge in [-0.15, -0.1) is 0 Å². The predicted octanol–water partition coefficient (Wildman–Crippen LogP) is 3.05. The molecule has 1 aromatic heterocycles. The zero-order valence-corrected chi connectivity index (χ0v) is 17.1. The number of H-pyrrole nitrogens is 1. The zero-order chi connectivity index (χ0) is 21.5. The van der Waals surface area contributed by atoms with Gasteiger partial charge in [0.25, 0.3) is 11.5 Å². The van der Waals surface area contributed by atoms with E-state index in [-0.39, 0.29) is 23.9 Å². The maximum absolute atomic E-state index is 12.6. The fraction of sp³-hybridized carbons (Fsp3) is 0.304. The molecule has 0 fully saturated rings. The third-order valence-electron chi connectivity index (χ3n) is 4.86. The van der Waals surface area contributed by atoms with Crippen molar-refractivity contribution in [2.24, 2.45) is 0 Å². The first-order valence-electron chi connectivity index (χ1n) is 10.0. The number of carbonyl (C=O) groups is 2. The van der Waals surface area contributed by atoms with Crippen LogP contribution in [0.1, 0.15) is 44.0 Å². The Hall–Kier alpha value is -3.48. The van der Waals surface area contributed by atoms with E-state index in [9.17, 15) is 14.4 Å². The van der Waals surface area contributed by atoms with Gasteiger partial charge < -0.3 is 10.1 Å². The Bertz CT molecular complexity index is 1080. The van der Waals surface area contributed by atoms with Crippen LogP contribution in [-0.2, 0) is 20.7 Å². The first-order valence-corrected chi connectivity index (χ1v) is 10.0. The molecule has 0 saturated heterocycles. The number of carbonyl (C=O) groups excluding carboxylic acids is 2. The van der Waals surface area contributed by atoms with Gasteiger partial charge in [0.05, 0.1) is 23.5 Å². The fourth-order valence-corrected chi connectivity index (χ4v) is 3.32. The van der Waals surface area contributed by atoms with Crippen molar-refractivity contribution in [2.75, 3.05) is 0 Å². The minimum absolute atomic E-state index is 0.144. The fourth-order valence-electron chi connectivity index (χ4n) is 3.32. The molecule has 0 radical (unpaired) electrons. The highest BCUT2D eigenvalue weighted by molar-refractivity contribution is 5.88. The van der Waals surface area contributed by atoms with E-state index in [4.69, 9.17) is 4.74 Å². The summed E-state index contributed by atoms with van der Waals surface area (Å²) in [6.45, 7) is 3.59. The number of rotatable bonds is 8. The van der Waals surface area contributed by atoms with Crippen molar-refractivity contribution in [3.05, 3.63) is 76.2 Å². The van der Waals surface area contributed by atoms with E-state index < -0.39 is 12.1 Å². The topological polar surface area (TPSA) is 101 Å². The standard InChI is InChI=1S/C23H25N3O4/c1-3-9-19(16-10-5-4-6-11-16)24-22(28)15(2)30-21(27)14-20-17-12-7-8-13-18(17)23(29)26-25-20/h4-8,10-13,15,19H,3,9,14H2,1-2H3,(H,24,28)(H,26,29)/t15-,19-/m1/s1. The van der Waals surface area contributed by atoms with Gasteiger partial charge in [0.15, 0.2) is 6.10 Å². The molecule has 0 bridgehead atoms. The van der Waals surface area contributed by atoms with Crippen LogP contribution in [0, 0.1) is 0 Å².